The number of benzene rings is 1. The Morgan fingerprint density at radius 1 is 1.17 bits per heavy atom. The first kappa shape index (κ1) is 13.2. The summed E-state index contributed by atoms with van der Waals surface area (Å²) in [5, 5.41) is 3.15. The van der Waals surface area contributed by atoms with Gasteiger partial charge in [-0.2, -0.15) is 0 Å². The molecule has 1 aromatic heterocycles. The van der Waals surface area contributed by atoms with Crippen molar-refractivity contribution in [1.82, 2.24) is 5.32 Å². The van der Waals surface area contributed by atoms with Crippen LogP contribution in [0.5, 0.6) is 0 Å². The van der Waals surface area contributed by atoms with Gasteiger partial charge in [0.15, 0.2) is 0 Å². The highest BCUT2D eigenvalue weighted by atomic mass is 79.9. The van der Waals surface area contributed by atoms with Crippen LogP contribution in [0.3, 0.4) is 0 Å². The predicted octanol–water partition coefficient (Wildman–Crippen LogP) is 3.65. The van der Waals surface area contributed by atoms with Crippen molar-refractivity contribution < 1.29 is 13.2 Å². The fourth-order valence-electron chi connectivity index (χ4n) is 1.64. The average molecular weight is 316 g/mol. The SMILES string of the molecule is Fc1cc(F)cc(CCNCc2occc2Br)c1. The molecular formula is C13H12BrF2NO. The van der Waals surface area contributed by atoms with Crippen LogP contribution in [0.4, 0.5) is 8.78 Å². The standard InChI is InChI=1S/C13H12BrF2NO/c14-12-2-4-18-13(12)8-17-3-1-9-5-10(15)7-11(16)6-9/h2,4-7,17H,1,3,8H2. The second-order valence-corrected chi connectivity index (χ2v) is 4.75. The summed E-state index contributed by atoms with van der Waals surface area (Å²) in [7, 11) is 0. The highest BCUT2D eigenvalue weighted by molar-refractivity contribution is 9.10. The normalized spacial score (nSPS) is 10.8. The van der Waals surface area contributed by atoms with E-state index in [-0.39, 0.29) is 0 Å². The molecule has 2 nitrogen and oxygen atoms in total. The fourth-order valence-corrected chi connectivity index (χ4v) is 1.98. The highest BCUT2D eigenvalue weighted by Crippen LogP contribution is 2.16. The van der Waals surface area contributed by atoms with Crippen molar-refractivity contribution in [2.45, 2.75) is 13.0 Å². The van der Waals surface area contributed by atoms with Gasteiger partial charge in [-0.1, -0.05) is 0 Å². The zero-order valence-corrected chi connectivity index (χ0v) is 11.1. The van der Waals surface area contributed by atoms with Crippen LogP contribution in [-0.4, -0.2) is 6.54 Å². The van der Waals surface area contributed by atoms with E-state index in [1.807, 2.05) is 6.07 Å². The number of nitrogens with one attached hydrogen (secondary N) is 1. The van der Waals surface area contributed by atoms with Gasteiger partial charge in [-0.3, -0.25) is 0 Å². The van der Waals surface area contributed by atoms with Crippen molar-refractivity contribution in [3.05, 3.63) is 58.0 Å². The van der Waals surface area contributed by atoms with Crippen LogP contribution in [0.2, 0.25) is 0 Å². The summed E-state index contributed by atoms with van der Waals surface area (Å²) in [6.45, 7) is 1.20. The number of hydrogen-bond donors (Lipinski definition) is 1. The summed E-state index contributed by atoms with van der Waals surface area (Å²) in [6, 6.07) is 5.37. The molecular weight excluding hydrogens is 304 g/mol. The molecule has 2 aromatic rings. The van der Waals surface area contributed by atoms with Crippen LogP contribution < -0.4 is 5.32 Å². The first-order chi connectivity index (χ1) is 8.65. The molecule has 0 bridgehead atoms. The van der Waals surface area contributed by atoms with Gasteiger partial charge in [-0.05, 0) is 52.7 Å². The number of halogens is 3. The van der Waals surface area contributed by atoms with Crippen molar-refractivity contribution in [3.63, 3.8) is 0 Å². The Morgan fingerprint density at radius 2 is 1.89 bits per heavy atom. The molecule has 0 unspecified atom stereocenters. The largest absolute Gasteiger partial charge is 0.467 e. The van der Waals surface area contributed by atoms with Gasteiger partial charge >= 0.3 is 0 Å². The molecule has 0 aliphatic carbocycles. The van der Waals surface area contributed by atoms with E-state index in [0.29, 0.717) is 25.1 Å². The summed E-state index contributed by atoms with van der Waals surface area (Å²) in [6.07, 6.45) is 2.16. The molecule has 0 aliphatic rings. The van der Waals surface area contributed by atoms with E-state index in [0.717, 1.165) is 16.3 Å². The third-order valence-corrected chi connectivity index (χ3v) is 3.20. The lowest BCUT2D eigenvalue weighted by atomic mass is 10.1. The summed E-state index contributed by atoms with van der Waals surface area (Å²) in [5.41, 5.74) is 0.638. The molecule has 0 amide bonds. The van der Waals surface area contributed by atoms with Gasteiger partial charge in [0, 0.05) is 6.07 Å². The van der Waals surface area contributed by atoms with Crippen molar-refractivity contribution in [3.8, 4) is 0 Å². The maximum Gasteiger partial charge on any atom is 0.131 e. The zero-order chi connectivity index (χ0) is 13.0. The van der Waals surface area contributed by atoms with Crippen LogP contribution in [-0.2, 0) is 13.0 Å². The van der Waals surface area contributed by atoms with E-state index >= 15 is 0 Å². The predicted molar refractivity (Wildman–Crippen MR) is 68.2 cm³/mol. The van der Waals surface area contributed by atoms with E-state index in [2.05, 4.69) is 21.2 Å². The second kappa shape index (κ2) is 6.11. The highest BCUT2D eigenvalue weighted by Gasteiger charge is 2.03. The molecule has 0 atom stereocenters. The summed E-state index contributed by atoms with van der Waals surface area (Å²) in [4.78, 5) is 0. The van der Waals surface area contributed by atoms with Gasteiger partial charge in [-0.15, -0.1) is 0 Å². The summed E-state index contributed by atoms with van der Waals surface area (Å²) in [5.74, 6) is -0.280. The molecule has 18 heavy (non-hydrogen) atoms. The quantitative estimate of drug-likeness (QED) is 0.852. The monoisotopic (exact) mass is 315 g/mol. The van der Waals surface area contributed by atoms with Gasteiger partial charge in [0.1, 0.15) is 17.4 Å². The molecule has 0 radical (unpaired) electrons. The van der Waals surface area contributed by atoms with Gasteiger partial charge in [0.05, 0.1) is 17.3 Å². The number of furan rings is 1. The Balaban J connectivity index is 1.80. The van der Waals surface area contributed by atoms with E-state index in [9.17, 15) is 8.78 Å². The first-order valence-electron chi connectivity index (χ1n) is 5.53. The Labute approximate surface area is 112 Å². The maximum absolute atomic E-state index is 12.9. The van der Waals surface area contributed by atoms with Crippen LogP contribution in [0.1, 0.15) is 11.3 Å². The molecule has 0 aliphatic heterocycles. The molecule has 96 valence electrons. The second-order valence-electron chi connectivity index (χ2n) is 3.90. The Hall–Kier alpha value is -1.20. The molecule has 1 heterocycles. The van der Waals surface area contributed by atoms with Crippen molar-refractivity contribution in [2.75, 3.05) is 6.54 Å². The van der Waals surface area contributed by atoms with Crippen LogP contribution in [0.25, 0.3) is 0 Å². The van der Waals surface area contributed by atoms with Crippen LogP contribution in [0.15, 0.2) is 39.4 Å². The van der Waals surface area contributed by atoms with Crippen LogP contribution >= 0.6 is 15.9 Å². The minimum Gasteiger partial charge on any atom is -0.467 e. The van der Waals surface area contributed by atoms with Gasteiger partial charge in [0.2, 0.25) is 0 Å². The third-order valence-electron chi connectivity index (χ3n) is 2.49. The lowest BCUT2D eigenvalue weighted by molar-refractivity contribution is 0.481. The van der Waals surface area contributed by atoms with Crippen molar-refractivity contribution in [1.29, 1.82) is 0 Å². The molecule has 0 fully saturated rings. The van der Waals surface area contributed by atoms with E-state index in [1.165, 1.54) is 12.1 Å². The average Bonchev–Trinajstić information content (AvgIpc) is 2.69. The smallest absolute Gasteiger partial charge is 0.131 e. The summed E-state index contributed by atoms with van der Waals surface area (Å²) >= 11 is 3.35. The molecule has 2 rings (SSSR count). The Kier molecular flexibility index (Phi) is 4.49. The minimum atomic E-state index is -0.543. The fraction of sp³-hybridized carbons (Fsp3) is 0.231. The molecule has 1 N–H and O–H groups in total. The molecule has 1 aromatic carbocycles. The van der Waals surface area contributed by atoms with Crippen LogP contribution in [0, 0.1) is 11.6 Å². The number of rotatable bonds is 5. The van der Waals surface area contributed by atoms with E-state index < -0.39 is 11.6 Å². The lowest BCUT2D eigenvalue weighted by Gasteiger charge is -2.04. The van der Waals surface area contributed by atoms with Gasteiger partial charge in [-0.25, -0.2) is 8.78 Å². The molecule has 0 spiro atoms. The molecule has 0 saturated carbocycles. The van der Waals surface area contributed by atoms with E-state index in [4.69, 9.17) is 4.42 Å². The van der Waals surface area contributed by atoms with Gasteiger partial charge in [0.25, 0.3) is 0 Å². The molecule has 5 heteroatoms. The minimum absolute atomic E-state index is 0.543. The van der Waals surface area contributed by atoms with Crippen molar-refractivity contribution in [2.24, 2.45) is 0 Å². The lowest BCUT2D eigenvalue weighted by Crippen LogP contribution is -2.16. The number of hydrogen-bond acceptors (Lipinski definition) is 2. The third kappa shape index (κ3) is 3.65. The Morgan fingerprint density at radius 3 is 2.50 bits per heavy atom. The summed E-state index contributed by atoms with van der Waals surface area (Å²) < 4.78 is 32.0. The van der Waals surface area contributed by atoms with Crippen molar-refractivity contribution >= 4 is 15.9 Å². The zero-order valence-electron chi connectivity index (χ0n) is 9.55. The van der Waals surface area contributed by atoms with Gasteiger partial charge < -0.3 is 9.73 Å². The maximum atomic E-state index is 12.9. The molecule has 0 saturated heterocycles. The van der Waals surface area contributed by atoms with E-state index in [1.54, 1.807) is 6.26 Å². The topological polar surface area (TPSA) is 25.2 Å². The first-order valence-corrected chi connectivity index (χ1v) is 6.32. The Bertz CT molecular complexity index is 507.